The first-order valence-corrected chi connectivity index (χ1v) is 7.03. The van der Waals surface area contributed by atoms with Crippen molar-refractivity contribution in [3.8, 4) is 0 Å². The first kappa shape index (κ1) is 14.8. The second kappa shape index (κ2) is 6.70. The molecule has 1 fully saturated rings. The zero-order valence-electron chi connectivity index (χ0n) is 11.9. The van der Waals surface area contributed by atoms with Crippen molar-refractivity contribution >= 4 is 17.3 Å². The summed E-state index contributed by atoms with van der Waals surface area (Å²) in [7, 11) is 0. The molecule has 0 saturated carbocycles. The molecule has 0 aromatic heterocycles. The molecule has 2 N–H and O–H groups in total. The van der Waals surface area contributed by atoms with Gasteiger partial charge in [-0.3, -0.25) is 4.79 Å². The highest BCUT2D eigenvalue weighted by molar-refractivity contribution is 5.89. The van der Waals surface area contributed by atoms with Crippen LogP contribution in [0.3, 0.4) is 0 Å². The van der Waals surface area contributed by atoms with E-state index in [0.29, 0.717) is 18.0 Å². The van der Waals surface area contributed by atoms with Crippen LogP contribution in [0.5, 0.6) is 0 Å². The molecule has 1 saturated heterocycles. The van der Waals surface area contributed by atoms with Crippen LogP contribution in [0.1, 0.15) is 33.1 Å². The highest BCUT2D eigenvalue weighted by Gasteiger charge is 2.22. The number of hydrogen-bond donors (Lipinski definition) is 2. The lowest BCUT2D eigenvalue weighted by molar-refractivity contribution is -0.114. The maximum Gasteiger partial charge on any atom is 0.221 e. The van der Waals surface area contributed by atoms with Crippen molar-refractivity contribution in [3.63, 3.8) is 0 Å². The Morgan fingerprint density at radius 1 is 1.50 bits per heavy atom. The maximum atomic E-state index is 13.8. The first-order chi connectivity index (χ1) is 9.58. The Labute approximate surface area is 118 Å². The highest BCUT2D eigenvalue weighted by Crippen LogP contribution is 2.24. The highest BCUT2D eigenvalue weighted by atomic mass is 19.1. The minimum Gasteiger partial charge on any atom is -0.380 e. The minimum absolute atomic E-state index is 0.167. The standard InChI is InChI=1S/C15H21FN2O2/c1-3-13-8-12(6-7-20-13)18-15-9-11(17-10(2)19)4-5-14(15)16/h4-5,9,12-13,18H,3,6-8H2,1-2H3,(H,17,19). The van der Waals surface area contributed by atoms with Gasteiger partial charge in [-0.1, -0.05) is 6.92 Å². The SMILES string of the molecule is CCC1CC(Nc2cc(NC(C)=O)ccc2F)CCO1. The van der Waals surface area contributed by atoms with E-state index in [4.69, 9.17) is 4.74 Å². The Morgan fingerprint density at radius 3 is 3.00 bits per heavy atom. The third-order valence-electron chi connectivity index (χ3n) is 3.47. The quantitative estimate of drug-likeness (QED) is 0.890. The summed E-state index contributed by atoms with van der Waals surface area (Å²) in [5.41, 5.74) is 1.03. The van der Waals surface area contributed by atoms with Crippen LogP contribution in [-0.4, -0.2) is 24.7 Å². The molecule has 1 aromatic carbocycles. The number of carbonyl (C=O) groups is 1. The summed E-state index contributed by atoms with van der Waals surface area (Å²) in [5.74, 6) is -0.474. The summed E-state index contributed by atoms with van der Waals surface area (Å²) in [4.78, 5) is 11.0. The van der Waals surface area contributed by atoms with E-state index in [9.17, 15) is 9.18 Å². The number of amides is 1. The average Bonchev–Trinajstić information content (AvgIpc) is 2.42. The zero-order valence-corrected chi connectivity index (χ0v) is 11.9. The van der Waals surface area contributed by atoms with Gasteiger partial charge in [0.25, 0.3) is 0 Å². The van der Waals surface area contributed by atoms with Crippen LogP contribution in [0.25, 0.3) is 0 Å². The minimum atomic E-state index is -0.307. The van der Waals surface area contributed by atoms with Crippen molar-refractivity contribution in [3.05, 3.63) is 24.0 Å². The largest absolute Gasteiger partial charge is 0.380 e. The fraction of sp³-hybridized carbons (Fsp3) is 0.533. The van der Waals surface area contributed by atoms with Gasteiger partial charge in [0.15, 0.2) is 0 Å². The van der Waals surface area contributed by atoms with Gasteiger partial charge >= 0.3 is 0 Å². The Bertz CT molecular complexity index is 479. The van der Waals surface area contributed by atoms with Crippen LogP contribution in [0.15, 0.2) is 18.2 Å². The van der Waals surface area contributed by atoms with E-state index in [1.807, 2.05) is 0 Å². The molecule has 20 heavy (non-hydrogen) atoms. The third-order valence-corrected chi connectivity index (χ3v) is 3.47. The predicted octanol–water partition coefficient (Wildman–Crippen LogP) is 3.15. The van der Waals surface area contributed by atoms with Gasteiger partial charge in [0.2, 0.25) is 5.91 Å². The summed E-state index contributed by atoms with van der Waals surface area (Å²) in [6.45, 7) is 4.22. The molecule has 5 heteroatoms. The van der Waals surface area contributed by atoms with Gasteiger partial charge in [-0.25, -0.2) is 4.39 Å². The van der Waals surface area contributed by atoms with Gasteiger partial charge in [0.1, 0.15) is 5.82 Å². The molecule has 1 aromatic rings. The van der Waals surface area contributed by atoms with Gasteiger partial charge in [-0.05, 0) is 37.5 Å². The lowest BCUT2D eigenvalue weighted by Crippen LogP contribution is -2.33. The molecule has 4 nitrogen and oxygen atoms in total. The monoisotopic (exact) mass is 280 g/mol. The van der Waals surface area contributed by atoms with Gasteiger partial charge in [0.05, 0.1) is 11.8 Å². The van der Waals surface area contributed by atoms with Crippen molar-refractivity contribution in [1.82, 2.24) is 0 Å². The smallest absolute Gasteiger partial charge is 0.221 e. The van der Waals surface area contributed by atoms with Crippen molar-refractivity contribution in [2.24, 2.45) is 0 Å². The van der Waals surface area contributed by atoms with Crippen LogP contribution in [0, 0.1) is 5.82 Å². The van der Waals surface area contributed by atoms with E-state index in [2.05, 4.69) is 17.6 Å². The number of ether oxygens (including phenoxy) is 1. The lowest BCUT2D eigenvalue weighted by Gasteiger charge is -2.30. The molecular formula is C15H21FN2O2. The predicted molar refractivity (Wildman–Crippen MR) is 77.4 cm³/mol. The Hall–Kier alpha value is -1.62. The van der Waals surface area contributed by atoms with Crippen LogP contribution >= 0.6 is 0 Å². The van der Waals surface area contributed by atoms with E-state index >= 15 is 0 Å². The average molecular weight is 280 g/mol. The fourth-order valence-corrected chi connectivity index (χ4v) is 2.43. The third kappa shape index (κ3) is 3.93. The number of halogens is 1. The number of anilines is 2. The molecule has 1 amide bonds. The number of carbonyl (C=O) groups excluding carboxylic acids is 1. The van der Waals surface area contributed by atoms with E-state index in [-0.39, 0.29) is 23.9 Å². The van der Waals surface area contributed by atoms with Crippen molar-refractivity contribution in [2.75, 3.05) is 17.2 Å². The van der Waals surface area contributed by atoms with Crippen LogP contribution in [-0.2, 0) is 9.53 Å². The normalized spacial score (nSPS) is 22.4. The van der Waals surface area contributed by atoms with Crippen LogP contribution in [0.4, 0.5) is 15.8 Å². The molecule has 0 aliphatic carbocycles. The first-order valence-electron chi connectivity index (χ1n) is 7.03. The summed E-state index contributed by atoms with van der Waals surface area (Å²) >= 11 is 0. The molecule has 1 aliphatic heterocycles. The van der Waals surface area contributed by atoms with E-state index in [1.54, 1.807) is 12.1 Å². The van der Waals surface area contributed by atoms with E-state index in [0.717, 1.165) is 19.3 Å². The molecular weight excluding hydrogens is 259 g/mol. The molecule has 2 atom stereocenters. The van der Waals surface area contributed by atoms with Gasteiger partial charge in [-0.2, -0.15) is 0 Å². The number of nitrogens with one attached hydrogen (secondary N) is 2. The summed E-state index contributed by atoms with van der Waals surface area (Å²) in [6.07, 6.45) is 2.94. The Morgan fingerprint density at radius 2 is 2.30 bits per heavy atom. The molecule has 0 spiro atoms. The van der Waals surface area contributed by atoms with Gasteiger partial charge < -0.3 is 15.4 Å². The molecule has 1 heterocycles. The summed E-state index contributed by atoms with van der Waals surface area (Å²) in [5, 5.41) is 5.88. The van der Waals surface area contributed by atoms with E-state index < -0.39 is 0 Å². The van der Waals surface area contributed by atoms with Crippen molar-refractivity contribution < 1.29 is 13.9 Å². The molecule has 2 rings (SSSR count). The molecule has 0 bridgehead atoms. The van der Waals surface area contributed by atoms with Crippen molar-refractivity contribution in [1.29, 1.82) is 0 Å². The molecule has 0 radical (unpaired) electrons. The Kier molecular flexibility index (Phi) is 4.95. The maximum absolute atomic E-state index is 13.8. The molecule has 1 aliphatic rings. The summed E-state index contributed by atoms with van der Waals surface area (Å²) < 4.78 is 19.4. The topological polar surface area (TPSA) is 50.4 Å². The zero-order chi connectivity index (χ0) is 14.5. The van der Waals surface area contributed by atoms with Gasteiger partial charge in [0, 0.05) is 25.3 Å². The molecule has 2 unspecified atom stereocenters. The van der Waals surface area contributed by atoms with Gasteiger partial charge in [-0.15, -0.1) is 0 Å². The van der Waals surface area contributed by atoms with Crippen LogP contribution < -0.4 is 10.6 Å². The number of hydrogen-bond acceptors (Lipinski definition) is 3. The lowest BCUT2D eigenvalue weighted by atomic mass is 10.0. The number of benzene rings is 1. The second-order valence-corrected chi connectivity index (χ2v) is 5.14. The fourth-order valence-electron chi connectivity index (χ4n) is 2.43. The number of rotatable bonds is 4. The second-order valence-electron chi connectivity index (χ2n) is 5.14. The summed E-state index contributed by atoms with van der Waals surface area (Å²) in [6, 6.07) is 4.76. The van der Waals surface area contributed by atoms with Crippen molar-refractivity contribution in [2.45, 2.75) is 45.3 Å². The van der Waals surface area contributed by atoms with Crippen LogP contribution in [0.2, 0.25) is 0 Å². The molecule has 110 valence electrons. The van der Waals surface area contributed by atoms with E-state index in [1.165, 1.54) is 13.0 Å². The Balaban J connectivity index is 2.05.